The lowest BCUT2D eigenvalue weighted by molar-refractivity contribution is 0.174. The number of likely N-dealkylation sites (tertiary alicyclic amines) is 1. The Morgan fingerprint density at radius 2 is 2.18 bits per heavy atom. The van der Waals surface area contributed by atoms with Gasteiger partial charge in [0.25, 0.3) is 0 Å². The standard InChI is InChI=1S/C13H25N3S/c1-10-4-3-7-16(8-10)9-11(2)14-13(17)15-12-5-6-12/h10-12H,3-9H2,1-2H3,(H2,14,15,17)/t10-,11-/m1/s1. The molecule has 2 fully saturated rings. The summed E-state index contributed by atoms with van der Waals surface area (Å²) in [7, 11) is 0. The van der Waals surface area contributed by atoms with Crippen LogP contribution in [0.25, 0.3) is 0 Å². The van der Waals surface area contributed by atoms with Crippen molar-refractivity contribution >= 4 is 17.3 Å². The first-order chi connectivity index (χ1) is 8.13. The molecule has 3 nitrogen and oxygen atoms in total. The molecule has 4 heteroatoms. The fourth-order valence-corrected chi connectivity index (χ4v) is 2.93. The lowest BCUT2D eigenvalue weighted by Crippen LogP contribution is -2.48. The molecule has 1 heterocycles. The summed E-state index contributed by atoms with van der Waals surface area (Å²) in [6, 6.07) is 1.09. The van der Waals surface area contributed by atoms with E-state index >= 15 is 0 Å². The molecule has 0 radical (unpaired) electrons. The van der Waals surface area contributed by atoms with Gasteiger partial charge in [-0.2, -0.15) is 0 Å². The van der Waals surface area contributed by atoms with Crippen molar-refractivity contribution < 1.29 is 0 Å². The van der Waals surface area contributed by atoms with Gasteiger partial charge in [-0.25, -0.2) is 0 Å². The summed E-state index contributed by atoms with van der Waals surface area (Å²) in [5.74, 6) is 0.854. The third kappa shape index (κ3) is 4.80. The Morgan fingerprint density at radius 1 is 1.41 bits per heavy atom. The third-order valence-electron chi connectivity index (χ3n) is 3.56. The van der Waals surface area contributed by atoms with Crippen molar-refractivity contribution in [3.8, 4) is 0 Å². The summed E-state index contributed by atoms with van der Waals surface area (Å²) in [5.41, 5.74) is 0. The van der Waals surface area contributed by atoms with Crippen molar-refractivity contribution in [3.63, 3.8) is 0 Å². The molecule has 1 aliphatic heterocycles. The van der Waals surface area contributed by atoms with Gasteiger partial charge in [0.15, 0.2) is 5.11 Å². The Kier molecular flexibility index (Phi) is 4.62. The summed E-state index contributed by atoms with van der Waals surface area (Å²) < 4.78 is 0. The zero-order valence-electron chi connectivity index (χ0n) is 11.0. The highest BCUT2D eigenvalue weighted by molar-refractivity contribution is 7.80. The number of thiocarbonyl (C=S) groups is 1. The fraction of sp³-hybridized carbons (Fsp3) is 0.923. The molecule has 2 atom stereocenters. The van der Waals surface area contributed by atoms with E-state index in [0.717, 1.165) is 17.6 Å². The van der Waals surface area contributed by atoms with Crippen LogP contribution in [0.2, 0.25) is 0 Å². The summed E-state index contributed by atoms with van der Waals surface area (Å²) in [6.07, 6.45) is 5.29. The van der Waals surface area contributed by atoms with Crippen LogP contribution in [-0.4, -0.2) is 41.7 Å². The smallest absolute Gasteiger partial charge is 0.166 e. The Hall–Kier alpha value is -0.350. The molecule has 0 bridgehead atoms. The molecular weight excluding hydrogens is 230 g/mol. The van der Waals surface area contributed by atoms with Crippen molar-refractivity contribution in [2.75, 3.05) is 19.6 Å². The first-order valence-electron chi connectivity index (χ1n) is 6.93. The van der Waals surface area contributed by atoms with E-state index in [4.69, 9.17) is 12.2 Å². The molecule has 98 valence electrons. The van der Waals surface area contributed by atoms with Crippen LogP contribution in [-0.2, 0) is 0 Å². The minimum atomic E-state index is 0.444. The van der Waals surface area contributed by atoms with Gasteiger partial charge in [0.2, 0.25) is 0 Å². The highest BCUT2D eigenvalue weighted by Gasteiger charge is 2.23. The molecule has 2 aliphatic rings. The summed E-state index contributed by atoms with van der Waals surface area (Å²) in [4.78, 5) is 2.56. The van der Waals surface area contributed by atoms with E-state index in [1.807, 2.05) is 0 Å². The molecule has 0 unspecified atom stereocenters. The largest absolute Gasteiger partial charge is 0.360 e. The number of hydrogen-bond acceptors (Lipinski definition) is 2. The average molecular weight is 255 g/mol. The zero-order valence-corrected chi connectivity index (χ0v) is 11.9. The second-order valence-electron chi connectivity index (χ2n) is 5.80. The topological polar surface area (TPSA) is 27.3 Å². The molecular formula is C13H25N3S. The van der Waals surface area contributed by atoms with E-state index < -0.39 is 0 Å². The molecule has 0 aromatic carbocycles. The Balaban J connectivity index is 1.64. The quantitative estimate of drug-likeness (QED) is 0.748. The van der Waals surface area contributed by atoms with Crippen molar-refractivity contribution in [2.45, 2.75) is 51.6 Å². The van der Waals surface area contributed by atoms with Crippen LogP contribution >= 0.6 is 12.2 Å². The summed E-state index contributed by atoms with van der Waals surface area (Å²) in [5, 5.41) is 7.56. The van der Waals surface area contributed by atoms with Crippen LogP contribution in [0, 0.1) is 5.92 Å². The Labute approximate surface area is 110 Å². The van der Waals surface area contributed by atoms with Gasteiger partial charge in [-0.05, 0) is 57.3 Å². The van der Waals surface area contributed by atoms with Gasteiger partial charge < -0.3 is 15.5 Å². The maximum absolute atomic E-state index is 5.30. The normalized spacial score (nSPS) is 27.5. The molecule has 1 aliphatic carbocycles. The van der Waals surface area contributed by atoms with E-state index in [1.165, 1.54) is 38.8 Å². The highest BCUT2D eigenvalue weighted by atomic mass is 32.1. The van der Waals surface area contributed by atoms with Crippen LogP contribution in [0.4, 0.5) is 0 Å². The summed E-state index contributed by atoms with van der Waals surface area (Å²) in [6.45, 7) is 8.18. The van der Waals surface area contributed by atoms with E-state index in [1.54, 1.807) is 0 Å². The molecule has 1 saturated heterocycles. The lowest BCUT2D eigenvalue weighted by atomic mass is 10.00. The predicted molar refractivity (Wildman–Crippen MR) is 76.2 cm³/mol. The molecule has 0 aromatic rings. The molecule has 17 heavy (non-hydrogen) atoms. The van der Waals surface area contributed by atoms with Crippen molar-refractivity contribution in [3.05, 3.63) is 0 Å². The van der Waals surface area contributed by atoms with Crippen molar-refractivity contribution in [2.24, 2.45) is 5.92 Å². The second-order valence-corrected chi connectivity index (χ2v) is 6.21. The van der Waals surface area contributed by atoms with Gasteiger partial charge in [0.05, 0.1) is 0 Å². The number of nitrogens with zero attached hydrogens (tertiary/aromatic N) is 1. The van der Waals surface area contributed by atoms with E-state index in [9.17, 15) is 0 Å². The van der Waals surface area contributed by atoms with Crippen LogP contribution in [0.3, 0.4) is 0 Å². The fourth-order valence-electron chi connectivity index (χ4n) is 2.56. The SMILES string of the molecule is C[C@@H]1CCCN(C[C@@H](C)NC(=S)NC2CC2)C1. The lowest BCUT2D eigenvalue weighted by Gasteiger charge is -2.33. The molecule has 1 saturated carbocycles. The van der Waals surface area contributed by atoms with Crippen molar-refractivity contribution in [1.29, 1.82) is 0 Å². The highest BCUT2D eigenvalue weighted by Crippen LogP contribution is 2.18. The van der Waals surface area contributed by atoms with Gasteiger partial charge in [0, 0.05) is 25.2 Å². The van der Waals surface area contributed by atoms with Crippen LogP contribution in [0.5, 0.6) is 0 Å². The molecule has 2 N–H and O–H groups in total. The number of piperidine rings is 1. The first-order valence-corrected chi connectivity index (χ1v) is 7.33. The van der Waals surface area contributed by atoms with Gasteiger partial charge in [0.1, 0.15) is 0 Å². The molecule has 0 aromatic heterocycles. The number of rotatable bonds is 4. The maximum atomic E-state index is 5.30. The number of hydrogen-bond donors (Lipinski definition) is 2. The molecule has 0 spiro atoms. The van der Waals surface area contributed by atoms with E-state index in [-0.39, 0.29) is 0 Å². The average Bonchev–Trinajstić information content (AvgIpc) is 3.00. The van der Waals surface area contributed by atoms with E-state index in [2.05, 4.69) is 29.4 Å². The zero-order chi connectivity index (χ0) is 12.3. The second kappa shape index (κ2) is 6.01. The summed E-state index contributed by atoms with van der Waals surface area (Å²) >= 11 is 5.30. The third-order valence-corrected chi connectivity index (χ3v) is 3.80. The molecule has 0 amide bonds. The van der Waals surface area contributed by atoms with Gasteiger partial charge in [-0.3, -0.25) is 0 Å². The monoisotopic (exact) mass is 255 g/mol. The van der Waals surface area contributed by atoms with Crippen LogP contribution in [0.1, 0.15) is 39.5 Å². The van der Waals surface area contributed by atoms with Crippen molar-refractivity contribution in [1.82, 2.24) is 15.5 Å². The first kappa shape index (κ1) is 13.1. The van der Waals surface area contributed by atoms with Crippen LogP contribution < -0.4 is 10.6 Å². The van der Waals surface area contributed by atoms with Crippen LogP contribution in [0.15, 0.2) is 0 Å². The van der Waals surface area contributed by atoms with E-state index in [0.29, 0.717) is 12.1 Å². The maximum Gasteiger partial charge on any atom is 0.166 e. The Morgan fingerprint density at radius 3 is 2.82 bits per heavy atom. The minimum Gasteiger partial charge on any atom is -0.360 e. The minimum absolute atomic E-state index is 0.444. The molecule has 2 rings (SSSR count). The Bertz CT molecular complexity index is 265. The van der Waals surface area contributed by atoms with Gasteiger partial charge >= 0.3 is 0 Å². The van der Waals surface area contributed by atoms with Gasteiger partial charge in [-0.1, -0.05) is 6.92 Å². The number of nitrogens with one attached hydrogen (secondary N) is 2. The van der Waals surface area contributed by atoms with Gasteiger partial charge in [-0.15, -0.1) is 0 Å². The predicted octanol–water partition coefficient (Wildman–Crippen LogP) is 1.73.